The fraction of sp³-hybridized carbons (Fsp3) is 0.286. The topological polar surface area (TPSA) is 87.0 Å². The molecule has 0 saturated carbocycles. The second-order valence-electron chi connectivity index (χ2n) is 4.63. The Kier molecular flexibility index (Phi) is 3.85. The molecule has 0 atom stereocenters. The number of ether oxygens (including phenoxy) is 1. The number of aromatic nitrogens is 2. The summed E-state index contributed by atoms with van der Waals surface area (Å²) in [7, 11) is 0. The zero-order chi connectivity index (χ0) is 13.8. The number of nitrogens with two attached hydrogens (primary N) is 2. The Hall–Kier alpha value is -2.30. The van der Waals surface area contributed by atoms with Crippen molar-refractivity contribution in [1.82, 2.24) is 9.97 Å². The number of anilines is 2. The van der Waals surface area contributed by atoms with Crippen LogP contribution in [0.1, 0.15) is 25.1 Å². The quantitative estimate of drug-likeness (QED) is 0.876. The van der Waals surface area contributed by atoms with Gasteiger partial charge in [-0.25, -0.2) is 4.98 Å². The van der Waals surface area contributed by atoms with Crippen LogP contribution in [-0.4, -0.2) is 16.1 Å². The van der Waals surface area contributed by atoms with E-state index in [0.29, 0.717) is 12.2 Å². The molecule has 0 aliphatic heterocycles. The third kappa shape index (κ3) is 3.84. The maximum atomic E-state index is 5.64. The van der Waals surface area contributed by atoms with Crippen LogP contribution in [0.5, 0.6) is 5.75 Å². The molecule has 19 heavy (non-hydrogen) atoms. The molecule has 5 nitrogen and oxygen atoms in total. The fourth-order valence-electron chi connectivity index (χ4n) is 1.80. The zero-order valence-electron chi connectivity index (χ0n) is 11.1. The first kappa shape index (κ1) is 13.1. The van der Waals surface area contributed by atoms with Crippen molar-refractivity contribution in [3.05, 3.63) is 41.6 Å². The van der Waals surface area contributed by atoms with E-state index in [-0.39, 0.29) is 12.1 Å². The van der Waals surface area contributed by atoms with Gasteiger partial charge in [0, 0.05) is 12.5 Å². The molecule has 0 amide bonds. The van der Waals surface area contributed by atoms with Crippen molar-refractivity contribution >= 4 is 11.8 Å². The van der Waals surface area contributed by atoms with Crippen LogP contribution in [0, 0.1) is 0 Å². The molecule has 2 aromatic rings. The number of hydrogen-bond donors (Lipinski definition) is 2. The van der Waals surface area contributed by atoms with E-state index in [1.165, 1.54) is 0 Å². The Morgan fingerprint density at radius 1 is 1.11 bits per heavy atom. The Bertz CT molecular complexity index is 532. The molecule has 0 aliphatic rings. The van der Waals surface area contributed by atoms with Gasteiger partial charge in [0.05, 0.1) is 11.8 Å². The first-order valence-electron chi connectivity index (χ1n) is 6.17. The predicted octanol–water partition coefficient (Wildman–Crippen LogP) is 2.02. The first-order valence-corrected chi connectivity index (χ1v) is 6.17. The molecule has 0 spiro atoms. The Balaban J connectivity index is 2.10. The van der Waals surface area contributed by atoms with Crippen LogP contribution in [0.3, 0.4) is 0 Å². The van der Waals surface area contributed by atoms with Gasteiger partial charge in [0.15, 0.2) is 0 Å². The molecule has 0 saturated heterocycles. The van der Waals surface area contributed by atoms with Gasteiger partial charge in [0.2, 0.25) is 5.95 Å². The van der Waals surface area contributed by atoms with E-state index in [1.807, 2.05) is 38.1 Å². The first-order chi connectivity index (χ1) is 9.02. The number of hydrogen-bond acceptors (Lipinski definition) is 5. The highest BCUT2D eigenvalue weighted by molar-refractivity contribution is 5.38. The monoisotopic (exact) mass is 258 g/mol. The van der Waals surface area contributed by atoms with Gasteiger partial charge in [-0.05, 0) is 31.5 Å². The predicted molar refractivity (Wildman–Crippen MR) is 75.9 cm³/mol. The van der Waals surface area contributed by atoms with Gasteiger partial charge in [-0.3, -0.25) is 0 Å². The van der Waals surface area contributed by atoms with Crippen molar-refractivity contribution in [2.45, 2.75) is 26.4 Å². The summed E-state index contributed by atoms with van der Waals surface area (Å²) in [6.45, 7) is 4.00. The zero-order valence-corrected chi connectivity index (χ0v) is 11.1. The summed E-state index contributed by atoms with van der Waals surface area (Å²) in [4.78, 5) is 8.00. The summed E-state index contributed by atoms with van der Waals surface area (Å²) in [5, 5.41) is 0. The summed E-state index contributed by atoms with van der Waals surface area (Å²) in [5.74, 6) is 1.46. The molecule has 0 radical (unpaired) electrons. The lowest BCUT2D eigenvalue weighted by molar-refractivity contribution is 0.242. The van der Waals surface area contributed by atoms with Crippen molar-refractivity contribution in [2.24, 2.45) is 0 Å². The average molecular weight is 258 g/mol. The van der Waals surface area contributed by atoms with Crippen LogP contribution in [0.25, 0.3) is 0 Å². The van der Waals surface area contributed by atoms with Crippen molar-refractivity contribution < 1.29 is 4.74 Å². The van der Waals surface area contributed by atoms with E-state index in [1.54, 1.807) is 6.07 Å². The van der Waals surface area contributed by atoms with Gasteiger partial charge in [0.1, 0.15) is 11.6 Å². The highest BCUT2D eigenvalue weighted by Gasteiger charge is 2.03. The van der Waals surface area contributed by atoms with E-state index in [4.69, 9.17) is 16.2 Å². The van der Waals surface area contributed by atoms with Crippen molar-refractivity contribution in [1.29, 1.82) is 0 Å². The summed E-state index contributed by atoms with van der Waals surface area (Å²) in [6, 6.07) is 9.64. The van der Waals surface area contributed by atoms with E-state index in [2.05, 4.69) is 9.97 Å². The van der Waals surface area contributed by atoms with Crippen LogP contribution in [0.4, 0.5) is 11.8 Å². The van der Waals surface area contributed by atoms with E-state index in [9.17, 15) is 0 Å². The molecule has 2 rings (SSSR count). The van der Waals surface area contributed by atoms with Crippen LogP contribution >= 0.6 is 0 Å². The third-order valence-electron chi connectivity index (χ3n) is 2.50. The third-order valence-corrected chi connectivity index (χ3v) is 2.50. The standard InChI is InChI=1S/C14H18N4O/c1-9(2)19-12-5-3-10(4-6-12)7-11-8-13(15)18-14(16)17-11/h3-6,8-9H,7H2,1-2H3,(H4,15,16,17,18). The van der Waals surface area contributed by atoms with Gasteiger partial charge in [0.25, 0.3) is 0 Å². The second-order valence-corrected chi connectivity index (χ2v) is 4.63. The normalized spacial score (nSPS) is 10.7. The van der Waals surface area contributed by atoms with Crippen molar-refractivity contribution in [3.63, 3.8) is 0 Å². The van der Waals surface area contributed by atoms with Gasteiger partial charge in [-0.1, -0.05) is 12.1 Å². The van der Waals surface area contributed by atoms with E-state index >= 15 is 0 Å². The largest absolute Gasteiger partial charge is 0.491 e. The van der Waals surface area contributed by atoms with Crippen LogP contribution in [-0.2, 0) is 6.42 Å². The lowest BCUT2D eigenvalue weighted by Gasteiger charge is -2.10. The van der Waals surface area contributed by atoms with E-state index in [0.717, 1.165) is 17.0 Å². The number of benzene rings is 1. The fourth-order valence-corrected chi connectivity index (χ4v) is 1.80. The molecule has 4 N–H and O–H groups in total. The molecule has 0 aliphatic carbocycles. The number of nitrogen functional groups attached to an aromatic ring is 2. The van der Waals surface area contributed by atoms with Crippen molar-refractivity contribution in [3.8, 4) is 5.75 Å². The van der Waals surface area contributed by atoms with Gasteiger partial charge in [-0.2, -0.15) is 4.98 Å². The molecule has 1 aromatic carbocycles. The van der Waals surface area contributed by atoms with Crippen LogP contribution in [0.15, 0.2) is 30.3 Å². The molecular formula is C14H18N4O. The SMILES string of the molecule is CC(C)Oc1ccc(Cc2cc(N)nc(N)n2)cc1. The van der Waals surface area contributed by atoms with Crippen molar-refractivity contribution in [2.75, 3.05) is 11.5 Å². The maximum absolute atomic E-state index is 5.64. The minimum absolute atomic E-state index is 0.173. The van der Waals surface area contributed by atoms with Gasteiger partial charge in [-0.15, -0.1) is 0 Å². The molecule has 100 valence electrons. The second kappa shape index (κ2) is 5.56. The number of nitrogens with zero attached hydrogens (tertiary/aromatic N) is 2. The molecule has 0 bridgehead atoms. The minimum Gasteiger partial charge on any atom is -0.491 e. The number of rotatable bonds is 4. The Morgan fingerprint density at radius 2 is 1.79 bits per heavy atom. The smallest absolute Gasteiger partial charge is 0.222 e. The minimum atomic E-state index is 0.173. The maximum Gasteiger partial charge on any atom is 0.222 e. The average Bonchev–Trinajstić information content (AvgIpc) is 2.29. The van der Waals surface area contributed by atoms with Crippen LogP contribution < -0.4 is 16.2 Å². The summed E-state index contributed by atoms with van der Waals surface area (Å²) < 4.78 is 5.59. The van der Waals surface area contributed by atoms with E-state index < -0.39 is 0 Å². The lowest BCUT2D eigenvalue weighted by atomic mass is 10.1. The van der Waals surface area contributed by atoms with Crippen LogP contribution in [0.2, 0.25) is 0 Å². The highest BCUT2D eigenvalue weighted by Crippen LogP contribution is 2.16. The molecule has 0 unspecified atom stereocenters. The molecular weight excluding hydrogens is 240 g/mol. The molecule has 5 heteroatoms. The highest BCUT2D eigenvalue weighted by atomic mass is 16.5. The molecule has 1 aromatic heterocycles. The summed E-state index contributed by atoms with van der Waals surface area (Å²) >= 11 is 0. The Labute approximate surface area is 112 Å². The Morgan fingerprint density at radius 3 is 2.37 bits per heavy atom. The molecule has 1 heterocycles. The van der Waals surface area contributed by atoms with Gasteiger partial charge < -0.3 is 16.2 Å². The summed E-state index contributed by atoms with van der Waals surface area (Å²) in [5.41, 5.74) is 13.1. The lowest BCUT2D eigenvalue weighted by Crippen LogP contribution is -2.05. The van der Waals surface area contributed by atoms with Gasteiger partial charge >= 0.3 is 0 Å². The molecule has 0 fully saturated rings. The summed E-state index contributed by atoms with van der Waals surface area (Å²) in [6.07, 6.45) is 0.839.